The first-order valence-electron chi connectivity index (χ1n) is 10.2. The molecule has 5 N–H and O–H groups in total. The highest BCUT2D eigenvalue weighted by atomic mass is 16.3. The van der Waals surface area contributed by atoms with Crippen molar-refractivity contribution in [3.05, 3.63) is 47.6 Å². The minimum absolute atomic E-state index is 0.0861. The fourth-order valence-corrected chi connectivity index (χ4v) is 4.24. The number of nitrogens with one attached hydrogen (secondary N) is 4. The van der Waals surface area contributed by atoms with Gasteiger partial charge in [0.15, 0.2) is 11.6 Å². The van der Waals surface area contributed by atoms with Crippen LogP contribution in [0.25, 0.3) is 17.2 Å². The van der Waals surface area contributed by atoms with E-state index in [2.05, 4.69) is 47.2 Å². The van der Waals surface area contributed by atoms with E-state index in [9.17, 15) is 9.90 Å². The molecule has 0 aromatic carbocycles. The maximum atomic E-state index is 12.0. The summed E-state index contributed by atoms with van der Waals surface area (Å²) in [5, 5.41) is 26.2. The van der Waals surface area contributed by atoms with Crippen LogP contribution in [0.3, 0.4) is 0 Å². The number of rotatable bonds is 3. The molecule has 2 aliphatic heterocycles. The fourth-order valence-electron chi connectivity index (χ4n) is 4.24. The summed E-state index contributed by atoms with van der Waals surface area (Å²) in [6.45, 7) is 2.18. The van der Waals surface area contributed by atoms with E-state index in [-0.39, 0.29) is 24.6 Å². The number of hydrogen-bond acceptors (Lipinski definition) is 8. The molecule has 2 aromatic rings. The van der Waals surface area contributed by atoms with E-state index in [1.165, 1.54) is 6.33 Å². The standard InChI is InChI=1S/C20H24N8O2/c1-11-14(6-7-15(24-11)18-22-10-23-27-18)16-9-28(12-2-4-13(29)5-3-12)20-19(25-16)26-17(30)8-21-20/h6-7,9-10,12-13,21,25,29H,2-5,8H2,1H3,(H,26,30)(H,22,23,27). The van der Waals surface area contributed by atoms with E-state index in [4.69, 9.17) is 0 Å². The van der Waals surface area contributed by atoms with Crippen LogP contribution in [0.15, 0.2) is 36.3 Å². The Hall–Kier alpha value is -3.40. The van der Waals surface area contributed by atoms with Crippen LogP contribution in [0.2, 0.25) is 0 Å². The van der Waals surface area contributed by atoms with E-state index in [1.807, 2.05) is 19.1 Å². The zero-order valence-corrected chi connectivity index (χ0v) is 16.6. The Morgan fingerprint density at radius 3 is 2.73 bits per heavy atom. The van der Waals surface area contributed by atoms with Gasteiger partial charge in [-0.15, -0.1) is 0 Å². The summed E-state index contributed by atoms with van der Waals surface area (Å²) < 4.78 is 0. The molecule has 0 spiro atoms. The molecule has 30 heavy (non-hydrogen) atoms. The molecular weight excluding hydrogens is 384 g/mol. The Balaban J connectivity index is 1.49. The minimum Gasteiger partial charge on any atom is -0.393 e. The Labute approximate surface area is 173 Å². The fraction of sp³-hybridized carbons (Fsp3) is 0.400. The van der Waals surface area contributed by atoms with Crippen molar-refractivity contribution >= 4 is 11.6 Å². The lowest BCUT2D eigenvalue weighted by molar-refractivity contribution is -0.120. The van der Waals surface area contributed by atoms with Gasteiger partial charge in [0.05, 0.1) is 18.3 Å². The average Bonchev–Trinajstić information content (AvgIpc) is 3.28. The van der Waals surface area contributed by atoms with Crippen molar-refractivity contribution in [3.8, 4) is 11.5 Å². The monoisotopic (exact) mass is 408 g/mol. The van der Waals surface area contributed by atoms with Gasteiger partial charge in [-0.05, 0) is 44.7 Å². The number of aromatic nitrogens is 4. The highest BCUT2D eigenvalue weighted by molar-refractivity contribution is 5.82. The van der Waals surface area contributed by atoms with Crippen LogP contribution in [0.5, 0.6) is 0 Å². The largest absolute Gasteiger partial charge is 0.393 e. The summed E-state index contributed by atoms with van der Waals surface area (Å²) in [6, 6.07) is 4.14. The van der Waals surface area contributed by atoms with Gasteiger partial charge in [-0.3, -0.25) is 9.89 Å². The number of carbonyl (C=O) groups excluding carboxylic acids is 1. The molecule has 4 heterocycles. The Morgan fingerprint density at radius 1 is 1.17 bits per heavy atom. The molecular formula is C20H24N8O2. The number of amides is 1. The van der Waals surface area contributed by atoms with Gasteiger partial charge in [0.25, 0.3) is 0 Å². The zero-order chi connectivity index (χ0) is 20.7. The van der Waals surface area contributed by atoms with Crippen LogP contribution < -0.4 is 16.0 Å². The lowest BCUT2D eigenvalue weighted by Gasteiger charge is -2.41. The van der Waals surface area contributed by atoms with Crippen molar-refractivity contribution in [2.24, 2.45) is 0 Å². The number of aliphatic hydroxyl groups is 1. The second-order valence-corrected chi connectivity index (χ2v) is 7.83. The number of pyridine rings is 1. The Kier molecular flexibility index (Phi) is 4.62. The Bertz CT molecular complexity index is 1020. The maximum Gasteiger partial charge on any atom is 0.244 e. The SMILES string of the molecule is Cc1nc(-c2ncn[nH]2)ccc1C1=CN(C2CCC(O)CC2)C2=C(NC(=O)CN2)N1. The number of aliphatic hydroxyl groups excluding tert-OH is 1. The van der Waals surface area contributed by atoms with E-state index in [0.29, 0.717) is 11.6 Å². The normalized spacial score (nSPS) is 23.9. The third kappa shape index (κ3) is 3.39. The van der Waals surface area contributed by atoms with Crippen molar-refractivity contribution in [1.82, 2.24) is 41.0 Å². The molecule has 0 unspecified atom stereocenters. The number of aryl methyl sites for hydroxylation is 1. The van der Waals surface area contributed by atoms with Gasteiger partial charge in [-0.25, -0.2) is 9.97 Å². The highest BCUT2D eigenvalue weighted by Gasteiger charge is 2.33. The zero-order valence-electron chi connectivity index (χ0n) is 16.6. The van der Waals surface area contributed by atoms with Crippen molar-refractivity contribution in [2.75, 3.05) is 6.54 Å². The summed E-state index contributed by atoms with van der Waals surface area (Å²) in [5.41, 5.74) is 3.35. The molecule has 1 fully saturated rings. The van der Waals surface area contributed by atoms with E-state index < -0.39 is 0 Å². The van der Waals surface area contributed by atoms with Crippen molar-refractivity contribution in [2.45, 2.75) is 44.8 Å². The van der Waals surface area contributed by atoms with Gasteiger partial charge in [-0.1, -0.05) is 0 Å². The summed E-state index contributed by atoms with van der Waals surface area (Å²) >= 11 is 0. The topological polar surface area (TPSA) is 131 Å². The smallest absolute Gasteiger partial charge is 0.244 e. The second kappa shape index (κ2) is 7.45. The number of H-pyrrole nitrogens is 1. The number of carbonyl (C=O) groups is 1. The van der Waals surface area contributed by atoms with Crippen LogP contribution in [-0.4, -0.2) is 54.8 Å². The van der Waals surface area contributed by atoms with Gasteiger partial charge in [-0.2, -0.15) is 5.10 Å². The van der Waals surface area contributed by atoms with Gasteiger partial charge in [0.2, 0.25) is 5.91 Å². The van der Waals surface area contributed by atoms with Gasteiger partial charge < -0.3 is 26.0 Å². The lowest BCUT2D eigenvalue weighted by Crippen LogP contribution is -2.53. The summed E-state index contributed by atoms with van der Waals surface area (Å²) in [5.74, 6) is 2.04. The number of aromatic amines is 1. The minimum atomic E-state index is -0.227. The molecule has 0 bridgehead atoms. The molecule has 1 saturated carbocycles. The van der Waals surface area contributed by atoms with Crippen LogP contribution in [0, 0.1) is 6.92 Å². The van der Waals surface area contributed by atoms with Crippen LogP contribution in [0.4, 0.5) is 0 Å². The molecule has 0 saturated heterocycles. The molecule has 10 nitrogen and oxygen atoms in total. The van der Waals surface area contributed by atoms with Crippen molar-refractivity contribution < 1.29 is 9.90 Å². The molecule has 3 aliphatic rings. The predicted molar refractivity (Wildman–Crippen MR) is 109 cm³/mol. The van der Waals surface area contributed by atoms with E-state index >= 15 is 0 Å². The predicted octanol–water partition coefficient (Wildman–Crippen LogP) is 0.528. The quantitative estimate of drug-likeness (QED) is 0.497. The molecule has 10 heteroatoms. The maximum absolute atomic E-state index is 12.0. The summed E-state index contributed by atoms with van der Waals surface area (Å²) in [7, 11) is 0. The number of nitrogens with zero attached hydrogens (tertiary/aromatic N) is 4. The third-order valence-corrected chi connectivity index (χ3v) is 5.80. The van der Waals surface area contributed by atoms with E-state index in [1.54, 1.807) is 0 Å². The lowest BCUT2D eigenvalue weighted by atomic mass is 9.91. The Morgan fingerprint density at radius 2 is 2.00 bits per heavy atom. The third-order valence-electron chi connectivity index (χ3n) is 5.80. The first kappa shape index (κ1) is 18.6. The van der Waals surface area contributed by atoms with Crippen LogP contribution >= 0.6 is 0 Å². The molecule has 0 radical (unpaired) electrons. The number of hydrogen-bond donors (Lipinski definition) is 5. The van der Waals surface area contributed by atoms with E-state index in [0.717, 1.165) is 54.2 Å². The van der Waals surface area contributed by atoms with Crippen molar-refractivity contribution in [3.63, 3.8) is 0 Å². The first-order valence-corrected chi connectivity index (χ1v) is 10.2. The van der Waals surface area contributed by atoms with Gasteiger partial charge >= 0.3 is 0 Å². The molecule has 5 rings (SSSR count). The van der Waals surface area contributed by atoms with Gasteiger partial charge in [0, 0.05) is 23.5 Å². The molecule has 1 aliphatic carbocycles. The van der Waals surface area contributed by atoms with Crippen molar-refractivity contribution in [1.29, 1.82) is 0 Å². The second-order valence-electron chi connectivity index (χ2n) is 7.83. The molecule has 0 atom stereocenters. The van der Waals surface area contributed by atoms with Gasteiger partial charge in [0.1, 0.15) is 17.8 Å². The van der Waals surface area contributed by atoms with Crippen LogP contribution in [0.1, 0.15) is 36.9 Å². The molecule has 1 amide bonds. The molecule has 2 aromatic heterocycles. The highest BCUT2D eigenvalue weighted by Crippen LogP contribution is 2.31. The summed E-state index contributed by atoms with van der Waals surface area (Å²) in [4.78, 5) is 23.0. The van der Waals surface area contributed by atoms with Crippen LogP contribution in [-0.2, 0) is 4.79 Å². The first-order chi connectivity index (χ1) is 14.6. The average molecular weight is 408 g/mol. The summed E-state index contributed by atoms with van der Waals surface area (Å²) in [6.07, 6.45) is 6.63. The molecule has 156 valence electrons.